The van der Waals surface area contributed by atoms with Crippen molar-refractivity contribution < 1.29 is 18.9 Å². The van der Waals surface area contributed by atoms with E-state index in [9.17, 15) is 0 Å². The van der Waals surface area contributed by atoms with E-state index < -0.39 is 0 Å². The fourth-order valence-electron chi connectivity index (χ4n) is 5.82. The van der Waals surface area contributed by atoms with Crippen molar-refractivity contribution in [2.75, 3.05) is 51.9 Å². The van der Waals surface area contributed by atoms with Crippen LogP contribution in [0.2, 0.25) is 5.02 Å². The Balaban J connectivity index is 1.28. The number of rotatable bonds is 15. The monoisotopic (exact) mass is 640 g/mol. The van der Waals surface area contributed by atoms with Gasteiger partial charge in [-0.25, -0.2) is 9.97 Å². The van der Waals surface area contributed by atoms with Gasteiger partial charge in [0.2, 0.25) is 5.95 Å². The SMILES string of the molecule is COCCC(C)Oc1nn([C@H]2CC[C@H](N3CCOCC3)CC2)cc1Nc1ncc(-c2ccc(Cl)c(O[C@@H](C)CNC=N)c2)cn1. The molecule has 2 aromatic heterocycles. The molecule has 0 radical (unpaired) electrons. The number of methoxy groups -OCH3 is 1. The van der Waals surface area contributed by atoms with Gasteiger partial charge in [-0.3, -0.25) is 15.0 Å². The molecule has 1 aliphatic carbocycles. The number of hydrogen-bond donors (Lipinski definition) is 3. The van der Waals surface area contributed by atoms with Crippen LogP contribution in [0, 0.1) is 5.41 Å². The van der Waals surface area contributed by atoms with E-state index in [1.165, 1.54) is 0 Å². The van der Waals surface area contributed by atoms with E-state index in [0.717, 1.165) is 81.6 Å². The first-order valence-corrected chi connectivity index (χ1v) is 16.2. The Kier molecular flexibility index (Phi) is 11.9. The van der Waals surface area contributed by atoms with E-state index in [-0.39, 0.29) is 12.2 Å². The first-order chi connectivity index (χ1) is 21.9. The lowest BCUT2D eigenvalue weighted by molar-refractivity contribution is 0.00500. The van der Waals surface area contributed by atoms with Gasteiger partial charge in [0, 0.05) is 57.2 Å². The minimum atomic E-state index is -0.170. The van der Waals surface area contributed by atoms with Gasteiger partial charge in [0.05, 0.1) is 49.5 Å². The van der Waals surface area contributed by atoms with E-state index in [4.69, 9.17) is 41.1 Å². The van der Waals surface area contributed by atoms with Crippen LogP contribution in [0.4, 0.5) is 11.6 Å². The van der Waals surface area contributed by atoms with Crippen molar-refractivity contribution in [3.63, 3.8) is 0 Å². The molecule has 1 saturated heterocycles. The van der Waals surface area contributed by atoms with Crippen LogP contribution in [0.5, 0.6) is 11.6 Å². The van der Waals surface area contributed by atoms with Crippen molar-refractivity contribution in [1.29, 1.82) is 5.41 Å². The van der Waals surface area contributed by atoms with Gasteiger partial charge in [-0.15, -0.1) is 5.10 Å². The smallest absolute Gasteiger partial charge is 0.257 e. The number of morpholine rings is 1. The molecule has 0 amide bonds. The molecule has 1 aliphatic heterocycles. The summed E-state index contributed by atoms with van der Waals surface area (Å²) in [5.74, 6) is 1.54. The first-order valence-electron chi connectivity index (χ1n) is 15.8. The van der Waals surface area contributed by atoms with Crippen LogP contribution in [0.3, 0.4) is 0 Å². The van der Waals surface area contributed by atoms with Crippen LogP contribution in [-0.4, -0.2) is 95.8 Å². The molecule has 1 unspecified atom stereocenters. The molecule has 1 saturated carbocycles. The highest BCUT2D eigenvalue weighted by molar-refractivity contribution is 6.32. The highest BCUT2D eigenvalue weighted by atomic mass is 35.5. The largest absolute Gasteiger partial charge is 0.487 e. The Bertz CT molecular complexity index is 1360. The molecule has 5 rings (SSSR count). The summed E-state index contributed by atoms with van der Waals surface area (Å²) in [7, 11) is 1.69. The van der Waals surface area contributed by atoms with Gasteiger partial charge in [0.1, 0.15) is 17.5 Å². The number of hydrogen-bond acceptors (Lipinski definition) is 10. The van der Waals surface area contributed by atoms with Gasteiger partial charge in [-0.05, 0) is 57.2 Å². The van der Waals surface area contributed by atoms with Gasteiger partial charge in [0.25, 0.3) is 5.88 Å². The van der Waals surface area contributed by atoms with E-state index in [2.05, 4.69) is 30.2 Å². The highest BCUT2D eigenvalue weighted by Crippen LogP contribution is 2.36. The molecule has 244 valence electrons. The van der Waals surface area contributed by atoms with Crippen LogP contribution in [0.15, 0.2) is 36.8 Å². The second-order valence-electron chi connectivity index (χ2n) is 11.7. The zero-order valence-electron chi connectivity index (χ0n) is 26.4. The molecule has 2 fully saturated rings. The van der Waals surface area contributed by atoms with Crippen LogP contribution < -0.4 is 20.1 Å². The molecule has 45 heavy (non-hydrogen) atoms. The second kappa shape index (κ2) is 16.2. The minimum absolute atomic E-state index is 0.0703. The first kappa shape index (κ1) is 32.9. The van der Waals surface area contributed by atoms with Crippen LogP contribution >= 0.6 is 11.6 Å². The third-order valence-corrected chi connectivity index (χ3v) is 8.65. The molecular formula is C32H45ClN8O4. The fraction of sp³-hybridized carbons (Fsp3) is 0.562. The van der Waals surface area contributed by atoms with E-state index in [1.807, 2.05) is 32.2 Å². The van der Waals surface area contributed by atoms with Gasteiger partial charge in [0.15, 0.2) is 0 Å². The minimum Gasteiger partial charge on any atom is -0.487 e. The number of benzene rings is 1. The predicted octanol–water partition coefficient (Wildman–Crippen LogP) is 5.32. The zero-order chi connectivity index (χ0) is 31.6. The molecular weight excluding hydrogens is 596 g/mol. The summed E-state index contributed by atoms with van der Waals surface area (Å²) >= 11 is 6.39. The summed E-state index contributed by atoms with van der Waals surface area (Å²) < 4.78 is 25.1. The summed E-state index contributed by atoms with van der Waals surface area (Å²) in [6, 6.07) is 6.51. The Labute approximate surface area is 270 Å². The van der Waals surface area contributed by atoms with Crippen LogP contribution in [-0.2, 0) is 9.47 Å². The van der Waals surface area contributed by atoms with Gasteiger partial charge >= 0.3 is 0 Å². The van der Waals surface area contributed by atoms with Crippen molar-refractivity contribution in [1.82, 2.24) is 30.0 Å². The maximum Gasteiger partial charge on any atom is 0.257 e. The number of aromatic nitrogens is 4. The highest BCUT2D eigenvalue weighted by Gasteiger charge is 2.29. The molecule has 3 N–H and O–H groups in total. The van der Waals surface area contributed by atoms with Gasteiger partial charge in [-0.2, -0.15) is 0 Å². The van der Waals surface area contributed by atoms with Crippen LogP contribution in [0.25, 0.3) is 11.1 Å². The Morgan fingerprint density at radius 1 is 1.04 bits per heavy atom. The molecule has 3 aromatic rings. The van der Waals surface area contributed by atoms with Gasteiger partial charge in [-0.1, -0.05) is 17.7 Å². The second-order valence-corrected chi connectivity index (χ2v) is 12.1. The standard InChI is InChI=1S/C32H45ClN8O4/c1-22(10-13-42-3)45-31-29(20-41(39-31)27-7-5-26(6-8-27)40-11-14-43-15-12-40)38-32-36-18-25(19-37-32)24-4-9-28(33)30(16-24)44-23(2)17-35-21-34/h4,9,16,18-23,26-27H,5-8,10-15,17H2,1-3H3,(H2,34,35)(H,36,37,38)/t22?,23-,26-,27-/m0/s1. The average molecular weight is 641 g/mol. The summed E-state index contributed by atoms with van der Waals surface area (Å²) in [6.45, 7) is 8.76. The summed E-state index contributed by atoms with van der Waals surface area (Å²) in [5.41, 5.74) is 2.44. The maximum atomic E-state index is 7.15. The van der Waals surface area contributed by atoms with Crippen molar-refractivity contribution in [2.45, 2.75) is 70.2 Å². The Morgan fingerprint density at radius 2 is 1.78 bits per heavy atom. The van der Waals surface area contributed by atoms with E-state index >= 15 is 0 Å². The van der Waals surface area contributed by atoms with E-state index in [0.29, 0.717) is 47.8 Å². The predicted molar refractivity (Wildman–Crippen MR) is 175 cm³/mol. The normalized spacial score (nSPS) is 20.3. The summed E-state index contributed by atoms with van der Waals surface area (Å²) in [6.07, 6.45) is 11.6. The Hall–Kier alpha value is -3.45. The van der Waals surface area contributed by atoms with Crippen LogP contribution in [0.1, 0.15) is 52.0 Å². The maximum absolute atomic E-state index is 7.15. The molecule has 2 aliphatic rings. The molecule has 0 spiro atoms. The number of nitrogens with zero attached hydrogens (tertiary/aromatic N) is 5. The molecule has 1 aromatic carbocycles. The zero-order valence-corrected chi connectivity index (χ0v) is 27.1. The van der Waals surface area contributed by atoms with Gasteiger partial charge < -0.3 is 29.6 Å². The summed E-state index contributed by atoms with van der Waals surface area (Å²) in [5, 5.41) is 18.7. The average Bonchev–Trinajstić information content (AvgIpc) is 3.46. The van der Waals surface area contributed by atoms with Crippen molar-refractivity contribution in [2.24, 2.45) is 0 Å². The van der Waals surface area contributed by atoms with Crippen molar-refractivity contribution in [3.05, 3.63) is 41.8 Å². The summed E-state index contributed by atoms with van der Waals surface area (Å²) in [4.78, 5) is 11.8. The molecule has 13 heteroatoms. The number of anilines is 2. The number of ether oxygens (including phenoxy) is 4. The quantitative estimate of drug-likeness (QED) is 0.148. The van der Waals surface area contributed by atoms with E-state index in [1.54, 1.807) is 25.6 Å². The number of nitrogens with one attached hydrogen (secondary N) is 3. The molecule has 12 nitrogen and oxygen atoms in total. The topological polar surface area (TPSA) is 132 Å². The lowest BCUT2D eigenvalue weighted by atomic mass is 9.90. The molecule has 3 heterocycles. The molecule has 0 bridgehead atoms. The van der Waals surface area contributed by atoms with Crippen molar-refractivity contribution >= 4 is 29.6 Å². The molecule has 2 atom stereocenters. The fourth-order valence-corrected chi connectivity index (χ4v) is 5.98. The lowest BCUT2D eigenvalue weighted by Crippen LogP contribution is -2.45. The Morgan fingerprint density at radius 3 is 2.49 bits per heavy atom. The lowest BCUT2D eigenvalue weighted by Gasteiger charge is -2.38. The third-order valence-electron chi connectivity index (χ3n) is 8.34. The number of halogens is 1. The third kappa shape index (κ3) is 9.06. The van der Waals surface area contributed by atoms with Crippen molar-refractivity contribution in [3.8, 4) is 22.8 Å².